The zero-order valence-electron chi connectivity index (χ0n) is 10.4. The fourth-order valence-corrected chi connectivity index (χ4v) is 4.15. The van der Waals surface area contributed by atoms with Crippen LogP contribution in [0.25, 0.3) is 0 Å². The molecule has 1 aromatic rings. The number of halogens is 1. The van der Waals surface area contributed by atoms with Crippen molar-refractivity contribution in [1.29, 1.82) is 0 Å². The van der Waals surface area contributed by atoms with Gasteiger partial charge in [0.05, 0.1) is 11.5 Å². The smallest absolute Gasteiger partial charge is 0.150 e. The SMILES string of the molecule is CCc1cc(Br)ccc1NC1CCS(=O)(=O)CC1. The van der Waals surface area contributed by atoms with Crippen molar-refractivity contribution in [3.8, 4) is 0 Å². The third-order valence-corrected chi connectivity index (χ3v) is 5.57. The highest BCUT2D eigenvalue weighted by molar-refractivity contribution is 9.10. The zero-order valence-corrected chi connectivity index (χ0v) is 12.9. The van der Waals surface area contributed by atoms with Crippen molar-refractivity contribution in [3.05, 3.63) is 28.2 Å². The van der Waals surface area contributed by atoms with Gasteiger partial charge < -0.3 is 5.32 Å². The second-order valence-electron chi connectivity index (χ2n) is 4.73. The molecule has 1 heterocycles. The Morgan fingerprint density at radius 2 is 2.00 bits per heavy atom. The molecule has 1 saturated heterocycles. The Labute approximate surface area is 117 Å². The standard InChI is InChI=1S/C13H18BrNO2S/c1-2-10-9-11(14)3-4-13(10)15-12-5-7-18(16,17)8-6-12/h3-4,9,12,15H,2,5-8H2,1H3. The lowest BCUT2D eigenvalue weighted by Gasteiger charge is -2.25. The second-order valence-corrected chi connectivity index (χ2v) is 7.94. The monoisotopic (exact) mass is 331 g/mol. The minimum atomic E-state index is -2.78. The van der Waals surface area contributed by atoms with Crippen molar-refractivity contribution in [3.63, 3.8) is 0 Å². The third kappa shape index (κ3) is 3.48. The summed E-state index contributed by atoms with van der Waals surface area (Å²) < 4.78 is 23.8. The summed E-state index contributed by atoms with van der Waals surface area (Å²) in [6.07, 6.45) is 2.38. The number of anilines is 1. The molecule has 0 spiro atoms. The van der Waals surface area contributed by atoms with Crippen molar-refractivity contribution >= 4 is 31.5 Å². The van der Waals surface area contributed by atoms with E-state index in [1.807, 2.05) is 6.07 Å². The molecular weight excluding hydrogens is 314 g/mol. The maximum Gasteiger partial charge on any atom is 0.150 e. The van der Waals surface area contributed by atoms with Gasteiger partial charge in [-0.05, 0) is 43.0 Å². The molecule has 0 aliphatic carbocycles. The lowest BCUT2D eigenvalue weighted by Crippen LogP contribution is -2.32. The first-order valence-electron chi connectivity index (χ1n) is 6.25. The fraction of sp³-hybridized carbons (Fsp3) is 0.538. The average molecular weight is 332 g/mol. The second kappa shape index (κ2) is 5.61. The number of hydrogen-bond acceptors (Lipinski definition) is 3. The summed E-state index contributed by atoms with van der Waals surface area (Å²) in [7, 11) is -2.78. The average Bonchev–Trinajstić information content (AvgIpc) is 2.34. The van der Waals surface area contributed by atoms with Crippen LogP contribution in [0.5, 0.6) is 0 Å². The van der Waals surface area contributed by atoms with E-state index in [4.69, 9.17) is 0 Å². The quantitative estimate of drug-likeness (QED) is 0.926. The Bertz CT molecular complexity index is 514. The van der Waals surface area contributed by atoms with Gasteiger partial charge in [-0.15, -0.1) is 0 Å². The highest BCUT2D eigenvalue weighted by Crippen LogP contribution is 2.24. The number of aryl methyl sites for hydroxylation is 1. The molecular formula is C13H18BrNO2S. The summed E-state index contributed by atoms with van der Waals surface area (Å²) in [5.74, 6) is 0.616. The minimum absolute atomic E-state index is 0.278. The van der Waals surface area contributed by atoms with Crippen LogP contribution in [-0.2, 0) is 16.3 Å². The lowest BCUT2D eigenvalue weighted by molar-refractivity contribution is 0.559. The van der Waals surface area contributed by atoms with E-state index in [2.05, 4.69) is 40.3 Å². The van der Waals surface area contributed by atoms with Crippen LogP contribution >= 0.6 is 15.9 Å². The predicted molar refractivity (Wildman–Crippen MR) is 78.8 cm³/mol. The topological polar surface area (TPSA) is 46.2 Å². The van der Waals surface area contributed by atoms with Gasteiger partial charge in [-0.25, -0.2) is 8.42 Å². The molecule has 5 heteroatoms. The van der Waals surface area contributed by atoms with Gasteiger partial charge in [0.1, 0.15) is 9.84 Å². The van der Waals surface area contributed by atoms with Crippen LogP contribution in [-0.4, -0.2) is 26.0 Å². The van der Waals surface area contributed by atoms with Crippen LogP contribution in [0.2, 0.25) is 0 Å². The summed E-state index contributed by atoms with van der Waals surface area (Å²) in [4.78, 5) is 0. The van der Waals surface area contributed by atoms with Crippen molar-refractivity contribution in [2.45, 2.75) is 32.2 Å². The molecule has 0 radical (unpaired) electrons. The van der Waals surface area contributed by atoms with E-state index in [0.717, 1.165) is 16.6 Å². The van der Waals surface area contributed by atoms with Crippen molar-refractivity contribution in [2.24, 2.45) is 0 Å². The summed E-state index contributed by atoms with van der Waals surface area (Å²) in [6, 6.07) is 6.47. The highest BCUT2D eigenvalue weighted by Gasteiger charge is 2.23. The Balaban J connectivity index is 2.06. The summed E-state index contributed by atoms with van der Waals surface area (Å²) in [6.45, 7) is 2.12. The molecule has 0 saturated carbocycles. The van der Waals surface area contributed by atoms with Crippen molar-refractivity contribution in [2.75, 3.05) is 16.8 Å². The lowest BCUT2D eigenvalue weighted by atomic mass is 10.1. The molecule has 2 rings (SSSR count). The van der Waals surface area contributed by atoms with Crippen molar-refractivity contribution < 1.29 is 8.42 Å². The molecule has 1 aliphatic rings. The van der Waals surface area contributed by atoms with Gasteiger partial charge in [-0.2, -0.15) is 0 Å². The minimum Gasteiger partial charge on any atom is -0.382 e. The van der Waals surface area contributed by atoms with Gasteiger partial charge in [-0.1, -0.05) is 22.9 Å². The van der Waals surface area contributed by atoms with E-state index >= 15 is 0 Å². The molecule has 0 amide bonds. The number of rotatable bonds is 3. The van der Waals surface area contributed by atoms with Crippen LogP contribution in [0.1, 0.15) is 25.3 Å². The maximum atomic E-state index is 11.4. The van der Waals surface area contributed by atoms with Crippen LogP contribution in [0.15, 0.2) is 22.7 Å². The molecule has 0 aromatic heterocycles. The maximum absolute atomic E-state index is 11.4. The van der Waals surface area contributed by atoms with Crippen LogP contribution < -0.4 is 5.32 Å². The van der Waals surface area contributed by atoms with Crippen LogP contribution in [0, 0.1) is 0 Å². The Hall–Kier alpha value is -0.550. The number of nitrogens with one attached hydrogen (secondary N) is 1. The van der Waals surface area contributed by atoms with E-state index in [9.17, 15) is 8.42 Å². The van der Waals surface area contributed by atoms with Gasteiger partial charge >= 0.3 is 0 Å². The molecule has 100 valence electrons. The van der Waals surface area contributed by atoms with Gasteiger partial charge in [0.2, 0.25) is 0 Å². The number of sulfone groups is 1. The van der Waals surface area contributed by atoms with E-state index < -0.39 is 9.84 Å². The molecule has 1 N–H and O–H groups in total. The van der Waals surface area contributed by atoms with Crippen molar-refractivity contribution in [1.82, 2.24) is 0 Å². The predicted octanol–water partition coefficient (Wildman–Crippen LogP) is 3.00. The molecule has 1 fully saturated rings. The molecule has 1 aromatic carbocycles. The van der Waals surface area contributed by atoms with Gasteiger partial charge in [0, 0.05) is 16.2 Å². The number of benzene rings is 1. The Morgan fingerprint density at radius 3 is 2.61 bits per heavy atom. The fourth-order valence-electron chi connectivity index (χ4n) is 2.25. The third-order valence-electron chi connectivity index (χ3n) is 3.36. The molecule has 0 bridgehead atoms. The van der Waals surface area contributed by atoms with Gasteiger partial charge in [0.15, 0.2) is 0 Å². The van der Waals surface area contributed by atoms with Crippen LogP contribution in [0.4, 0.5) is 5.69 Å². The molecule has 18 heavy (non-hydrogen) atoms. The normalized spacial score (nSPS) is 19.7. The molecule has 0 atom stereocenters. The van der Waals surface area contributed by atoms with E-state index in [-0.39, 0.29) is 6.04 Å². The van der Waals surface area contributed by atoms with E-state index in [1.54, 1.807) is 0 Å². The summed E-state index contributed by atoms with van der Waals surface area (Å²) in [5.41, 5.74) is 2.39. The highest BCUT2D eigenvalue weighted by atomic mass is 79.9. The first-order valence-corrected chi connectivity index (χ1v) is 8.87. The van der Waals surface area contributed by atoms with E-state index in [0.29, 0.717) is 24.3 Å². The first-order chi connectivity index (χ1) is 8.50. The first kappa shape index (κ1) is 13.9. The van der Waals surface area contributed by atoms with E-state index in [1.165, 1.54) is 5.56 Å². The Kier molecular flexibility index (Phi) is 4.33. The largest absolute Gasteiger partial charge is 0.382 e. The zero-order chi connectivity index (χ0) is 13.2. The molecule has 3 nitrogen and oxygen atoms in total. The summed E-state index contributed by atoms with van der Waals surface area (Å²) in [5, 5.41) is 3.48. The van der Waals surface area contributed by atoms with Gasteiger partial charge in [-0.3, -0.25) is 0 Å². The molecule has 1 aliphatic heterocycles. The summed E-state index contributed by atoms with van der Waals surface area (Å²) >= 11 is 3.47. The Morgan fingerprint density at radius 1 is 1.33 bits per heavy atom. The van der Waals surface area contributed by atoms with Crippen LogP contribution in [0.3, 0.4) is 0 Å². The molecule has 0 unspecified atom stereocenters. The number of hydrogen-bond donors (Lipinski definition) is 1. The van der Waals surface area contributed by atoms with Gasteiger partial charge in [0.25, 0.3) is 0 Å².